The number of halogens is 8. The Morgan fingerprint density at radius 2 is 0.880 bits per heavy atom. The Morgan fingerprint density at radius 3 is 1.20 bits per heavy atom. The Bertz CT molecular complexity index is 836. The molecule has 0 aliphatic rings. The SMILES string of the molecule is O=C(OC(=O)c1cc(I)c(I)c(I)c1I)c1cc(I)c(I)c(I)c1I. The Hall–Kier alpha value is 3.42. The molecular formula is C14H2I8O3. The van der Waals surface area contributed by atoms with Crippen LogP contribution in [0.25, 0.3) is 0 Å². The fraction of sp³-hybridized carbons (Fsp3) is 0. The molecule has 0 bridgehead atoms. The van der Waals surface area contributed by atoms with Crippen molar-refractivity contribution < 1.29 is 14.3 Å². The highest BCUT2D eigenvalue weighted by molar-refractivity contribution is 14.1. The second-order valence-electron chi connectivity index (χ2n) is 4.37. The zero-order valence-corrected chi connectivity index (χ0v) is 28.7. The van der Waals surface area contributed by atoms with Gasteiger partial charge in [-0.1, -0.05) is 0 Å². The predicted octanol–water partition coefficient (Wildman–Crippen LogP) is 7.52. The van der Waals surface area contributed by atoms with Gasteiger partial charge in [0.05, 0.1) is 11.1 Å². The quantitative estimate of drug-likeness (QED) is 0.103. The monoisotopic (exact) mass is 1230 g/mol. The van der Waals surface area contributed by atoms with Crippen molar-refractivity contribution in [2.24, 2.45) is 0 Å². The van der Waals surface area contributed by atoms with Crippen LogP contribution in [0.3, 0.4) is 0 Å². The maximum atomic E-state index is 12.5. The molecule has 2 rings (SSSR count). The summed E-state index contributed by atoms with van der Waals surface area (Å²) in [5.74, 6) is -1.25. The molecule has 0 aliphatic carbocycles. The zero-order valence-electron chi connectivity index (χ0n) is 11.4. The van der Waals surface area contributed by atoms with Crippen LogP contribution in [0.5, 0.6) is 0 Å². The third-order valence-electron chi connectivity index (χ3n) is 2.83. The number of esters is 2. The van der Waals surface area contributed by atoms with E-state index < -0.39 is 11.9 Å². The van der Waals surface area contributed by atoms with E-state index in [2.05, 4.69) is 181 Å². The van der Waals surface area contributed by atoms with Gasteiger partial charge in [-0.3, -0.25) is 0 Å². The fourth-order valence-corrected chi connectivity index (χ4v) is 8.17. The lowest BCUT2D eigenvalue weighted by Gasteiger charge is -2.11. The first-order valence-corrected chi connectivity index (χ1v) is 14.6. The van der Waals surface area contributed by atoms with Gasteiger partial charge in [-0.25, -0.2) is 9.59 Å². The van der Waals surface area contributed by atoms with Crippen LogP contribution in [0.15, 0.2) is 12.1 Å². The van der Waals surface area contributed by atoms with E-state index in [1.807, 2.05) is 0 Å². The lowest BCUT2D eigenvalue weighted by atomic mass is 10.2. The van der Waals surface area contributed by atoms with E-state index in [1.54, 1.807) is 12.1 Å². The number of carbonyl (C=O) groups is 2. The van der Waals surface area contributed by atoms with Crippen molar-refractivity contribution in [1.82, 2.24) is 0 Å². The lowest BCUT2D eigenvalue weighted by Crippen LogP contribution is -2.17. The first kappa shape index (κ1) is 24.7. The van der Waals surface area contributed by atoms with Crippen molar-refractivity contribution in [3.63, 3.8) is 0 Å². The molecule has 0 radical (unpaired) electrons. The van der Waals surface area contributed by atoms with E-state index in [1.165, 1.54) is 0 Å². The van der Waals surface area contributed by atoms with Crippen molar-refractivity contribution in [3.8, 4) is 0 Å². The summed E-state index contributed by atoms with van der Waals surface area (Å²) < 4.78 is 12.8. The summed E-state index contributed by atoms with van der Waals surface area (Å²) in [6.45, 7) is 0. The number of ether oxygens (including phenoxy) is 1. The van der Waals surface area contributed by atoms with Gasteiger partial charge in [0.25, 0.3) is 0 Å². The molecular weight excluding hydrogens is 1230 g/mol. The molecule has 11 heteroatoms. The molecule has 0 fully saturated rings. The Morgan fingerprint density at radius 1 is 0.560 bits per heavy atom. The van der Waals surface area contributed by atoms with Crippen LogP contribution >= 0.6 is 181 Å². The van der Waals surface area contributed by atoms with Crippen LogP contribution in [0, 0.1) is 28.6 Å². The highest BCUT2D eigenvalue weighted by atomic mass is 127. The highest BCUT2D eigenvalue weighted by Gasteiger charge is 2.24. The molecule has 25 heavy (non-hydrogen) atoms. The van der Waals surface area contributed by atoms with Crippen molar-refractivity contribution in [2.75, 3.05) is 0 Å². The minimum absolute atomic E-state index is 0.410. The third-order valence-corrected chi connectivity index (χ3v) is 17.4. The number of benzene rings is 2. The van der Waals surface area contributed by atoms with Gasteiger partial charge in [-0.15, -0.1) is 0 Å². The summed E-state index contributed by atoms with van der Waals surface area (Å²) in [5, 5.41) is 0. The number of hydrogen-bond donors (Lipinski definition) is 0. The first-order valence-electron chi connectivity index (χ1n) is 5.98. The summed E-state index contributed by atoms with van der Waals surface area (Å²) in [6.07, 6.45) is 0. The zero-order chi connectivity index (χ0) is 19.0. The number of hydrogen-bond acceptors (Lipinski definition) is 3. The van der Waals surface area contributed by atoms with E-state index >= 15 is 0 Å². The van der Waals surface area contributed by atoms with Crippen LogP contribution < -0.4 is 0 Å². The number of carbonyl (C=O) groups excluding carboxylic acids is 2. The summed E-state index contributed by atoms with van der Waals surface area (Å²) in [7, 11) is 0. The molecule has 2 aromatic carbocycles. The van der Waals surface area contributed by atoms with Gasteiger partial charge >= 0.3 is 11.9 Å². The summed E-state index contributed by atoms with van der Waals surface area (Å²) in [4.78, 5) is 25.1. The molecule has 132 valence electrons. The Kier molecular flexibility index (Phi) is 10.5. The Labute approximate surface area is 253 Å². The summed E-state index contributed by atoms with van der Waals surface area (Å²) in [5.41, 5.74) is 0.821. The van der Waals surface area contributed by atoms with Crippen LogP contribution in [0.2, 0.25) is 0 Å². The van der Waals surface area contributed by atoms with Gasteiger partial charge in [0, 0.05) is 28.6 Å². The van der Waals surface area contributed by atoms with Crippen LogP contribution in [0.4, 0.5) is 0 Å². The minimum Gasteiger partial charge on any atom is -0.386 e. The molecule has 0 aromatic heterocycles. The number of rotatable bonds is 2. The second-order valence-corrected chi connectivity index (χ2v) is 13.2. The first-order chi connectivity index (χ1) is 11.6. The van der Waals surface area contributed by atoms with E-state index in [-0.39, 0.29) is 0 Å². The van der Waals surface area contributed by atoms with Crippen LogP contribution in [0.1, 0.15) is 20.7 Å². The molecule has 0 spiro atoms. The van der Waals surface area contributed by atoms with Crippen molar-refractivity contribution in [2.45, 2.75) is 0 Å². The van der Waals surface area contributed by atoms with E-state index in [9.17, 15) is 9.59 Å². The van der Waals surface area contributed by atoms with Gasteiger partial charge in [0.2, 0.25) is 0 Å². The predicted molar refractivity (Wildman–Crippen MR) is 164 cm³/mol. The highest BCUT2D eigenvalue weighted by Crippen LogP contribution is 2.31. The van der Waals surface area contributed by atoms with Gasteiger partial charge in [-0.05, 0) is 193 Å². The minimum atomic E-state index is -0.624. The second kappa shape index (κ2) is 10.6. The van der Waals surface area contributed by atoms with Gasteiger partial charge < -0.3 is 4.74 Å². The molecule has 2 aromatic rings. The maximum Gasteiger partial charge on any atom is 0.347 e. The standard InChI is InChI=1S/C14H2I8O3/c15-5-1-3(7(17)11(21)9(5)19)13(23)25-14(24)4-2-6(16)10(20)12(22)8(4)18/h1-2H. The average molecular weight is 1230 g/mol. The summed E-state index contributed by atoms with van der Waals surface area (Å²) >= 11 is 17.5. The topological polar surface area (TPSA) is 43.4 Å². The van der Waals surface area contributed by atoms with Crippen LogP contribution in [-0.2, 0) is 4.74 Å². The summed E-state index contributed by atoms with van der Waals surface area (Å²) in [6, 6.07) is 3.52. The van der Waals surface area contributed by atoms with Gasteiger partial charge in [-0.2, -0.15) is 0 Å². The van der Waals surface area contributed by atoms with E-state index in [0.717, 1.165) is 28.6 Å². The van der Waals surface area contributed by atoms with Crippen molar-refractivity contribution in [1.29, 1.82) is 0 Å². The van der Waals surface area contributed by atoms with E-state index in [0.29, 0.717) is 11.1 Å². The average Bonchev–Trinajstić information content (AvgIpc) is 2.57. The maximum absolute atomic E-state index is 12.5. The van der Waals surface area contributed by atoms with Gasteiger partial charge in [0.15, 0.2) is 0 Å². The third kappa shape index (κ3) is 5.77. The molecule has 0 saturated heterocycles. The molecule has 0 saturated carbocycles. The molecule has 0 atom stereocenters. The fourth-order valence-electron chi connectivity index (χ4n) is 1.64. The van der Waals surface area contributed by atoms with E-state index in [4.69, 9.17) is 4.74 Å². The molecule has 0 unspecified atom stereocenters. The molecule has 0 N–H and O–H groups in total. The molecule has 3 nitrogen and oxygen atoms in total. The Balaban J connectivity index is 2.39. The van der Waals surface area contributed by atoms with Crippen LogP contribution in [-0.4, -0.2) is 11.9 Å². The molecule has 0 heterocycles. The van der Waals surface area contributed by atoms with Crippen molar-refractivity contribution >= 4 is 193 Å². The van der Waals surface area contributed by atoms with Gasteiger partial charge in [0.1, 0.15) is 0 Å². The molecule has 0 amide bonds. The molecule has 0 aliphatic heterocycles. The normalized spacial score (nSPS) is 10.7. The van der Waals surface area contributed by atoms with Crippen molar-refractivity contribution in [3.05, 3.63) is 51.8 Å². The smallest absolute Gasteiger partial charge is 0.347 e. The largest absolute Gasteiger partial charge is 0.386 e. The lowest BCUT2D eigenvalue weighted by molar-refractivity contribution is 0.0396.